The summed E-state index contributed by atoms with van der Waals surface area (Å²) in [5, 5.41) is 4.88. The second kappa shape index (κ2) is 5.08. The molecule has 0 radical (unpaired) electrons. The Morgan fingerprint density at radius 2 is 2.29 bits per heavy atom. The summed E-state index contributed by atoms with van der Waals surface area (Å²) in [7, 11) is 0. The molecule has 0 fully saturated rings. The van der Waals surface area contributed by atoms with Crippen molar-refractivity contribution in [2.24, 2.45) is 5.73 Å². The molecule has 0 amide bonds. The van der Waals surface area contributed by atoms with Gasteiger partial charge in [-0.25, -0.2) is 4.68 Å². The Kier molecular flexibility index (Phi) is 3.71. The van der Waals surface area contributed by atoms with Crippen molar-refractivity contribution in [1.82, 2.24) is 14.8 Å². The Bertz CT molecular complexity index is 524. The van der Waals surface area contributed by atoms with Gasteiger partial charge in [0.2, 0.25) is 0 Å². The molecule has 0 aliphatic heterocycles. The minimum Gasteiger partial charge on any atom is -0.323 e. The number of aromatic nitrogens is 3. The molecular weight excluding hydrogens is 256 g/mol. The zero-order valence-electron chi connectivity index (χ0n) is 9.59. The van der Waals surface area contributed by atoms with Crippen LogP contribution in [0, 0.1) is 0 Å². The summed E-state index contributed by atoms with van der Waals surface area (Å²) in [6, 6.07) is 1.55. The van der Waals surface area contributed by atoms with Crippen LogP contribution in [0.5, 0.6) is 0 Å². The van der Waals surface area contributed by atoms with Gasteiger partial charge in [0.1, 0.15) is 5.69 Å². The Labute approximate surface area is 109 Å². The molecule has 1 atom stereocenters. The van der Waals surface area contributed by atoms with E-state index in [2.05, 4.69) is 10.1 Å². The lowest BCUT2D eigenvalue weighted by atomic mass is 10.2. The van der Waals surface area contributed by atoms with E-state index in [1.54, 1.807) is 34.9 Å². The number of hydrogen-bond acceptors (Lipinski definition) is 4. The van der Waals surface area contributed by atoms with E-state index in [1.165, 1.54) is 0 Å². The van der Waals surface area contributed by atoms with Crippen LogP contribution in [0.3, 0.4) is 0 Å². The molecule has 1 unspecified atom stereocenters. The van der Waals surface area contributed by atoms with Gasteiger partial charge in [0.05, 0.1) is 16.9 Å². The lowest BCUT2D eigenvalue weighted by Gasteiger charge is -2.12. The number of nitrogens with two attached hydrogens (primary N) is 1. The molecule has 17 heavy (non-hydrogen) atoms. The standard InChI is InChI=1S/C11H13ClN4S/c1-7(13)10-11(9(12)3-4-14-10)16-6-8(17-2)5-15-16/h3-7H,13H2,1-2H3. The summed E-state index contributed by atoms with van der Waals surface area (Å²) in [5.41, 5.74) is 7.39. The van der Waals surface area contributed by atoms with Crippen molar-refractivity contribution in [3.8, 4) is 5.69 Å². The van der Waals surface area contributed by atoms with Crippen LogP contribution >= 0.6 is 23.4 Å². The normalized spacial score (nSPS) is 12.7. The second-order valence-corrected chi connectivity index (χ2v) is 4.93. The van der Waals surface area contributed by atoms with E-state index >= 15 is 0 Å². The molecular formula is C11H13ClN4S. The van der Waals surface area contributed by atoms with Gasteiger partial charge in [0.15, 0.2) is 0 Å². The summed E-state index contributed by atoms with van der Waals surface area (Å²) < 4.78 is 1.72. The predicted molar refractivity (Wildman–Crippen MR) is 70.8 cm³/mol. The van der Waals surface area contributed by atoms with Crippen LogP contribution in [0.15, 0.2) is 29.6 Å². The highest BCUT2D eigenvalue weighted by atomic mass is 35.5. The van der Waals surface area contributed by atoms with Crippen molar-refractivity contribution in [3.05, 3.63) is 35.4 Å². The third-order valence-electron chi connectivity index (χ3n) is 2.36. The topological polar surface area (TPSA) is 56.7 Å². The van der Waals surface area contributed by atoms with Crippen molar-refractivity contribution >= 4 is 23.4 Å². The monoisotopic (exact) mass is 268 g/mol. The van der Waals surface area contributed by atoms with E-state index < -0.39 is 0 Å². The molecule has 2 aromatic rings. The molecule has 0 bridgehead atoms. The lowest BCUT2D eigenvalue weighted by Crippen LogP contribution is -2.12. The second-order valence-electron chi connectivity index (χ2n) is 3.64. The summed E-state index contributed by atoms with van der Waals surface area (Å²) in [6.07, 6.45) is 7.36. The van der Waals surface area contributed by atoms with Gasteiger partial charge in [0.25, 0.3) is 0 Å². The van der Waals surface area contributed by atoms with Crippen LogP contribution in [-0.4, -0.2) is 21.0 Å². The van der Waals surface area contributed by atoms with Gasteiger partial charge in [-0.15, -0.1) is 11.8 Å². The number of hydrogen-bond donors (Lipinski definition) is 1. The summed E-state index contributed by atoms with van der Waals surface area (Å²) in [4.78, 5) is 5.34. The van der Waals surface area contributed by atoms with E-state index in [-0.39, 0.29) is 6.04 Å². The van der Waals surface area contributed by atoms with Crippen molar-refractivity contribution in [2.45, 2.75) is 17.9 Å². The molecule has 0 saturated carbocycles. The van der Waals surface area contributed by atoms with Crippen molar-refractivity contribution in [2.75, 3.05) is 6.26 Å². The number of nitrogens with zero attached hydrogens (tertiary/aromatic N) is 3. The Morgan fingerprint density at radius 1 is 1.53 bits per heavy atom. The third-order valence-corrected chi connectivity index (χ3v) is 3.35. The van der Waals surface area contributed by atoms with Crippen LogP contribution in [0.25, 0.3) is 5.69 Å². The van der Waals surface area contributed by atoms with Crippen LogP contribution in [-0.2, 0) is 0 Å². The first kappa shape index (κ1) is 12.4. The highest BCUT2D eigenvalue weighted by Crippen LogP contribution is 2.26. The Hall–Kier alpha value is -1.04. The Morgan fingerprint density at radius 3 is 2.88 bits per heavy atom. The first-order valence-corrected chi connectivity index (χ1v) is 6.72. The molecule has 2 rings (SSSR count). The molecule has 0 aliphatic rings. The summed E-state index contributed by atoms with van der Waals surface area (Å²) in [5.74, 6) is 0. The molecule has 4 nitrogen and oxygen atoms in total. The molecule has 0 aliphatic carbocycles. The van der Waals surface area contributed by atoms with E-state index in [9.17, 15) is 0 Å². The van der Waals surface area contributed by atoms with Gasteiger partial charge in [-0.2, -0.15) is 5.10 Å². The van der Waals surface area contributed by atoms with Crippen molar-refractivity contribution < 1.29 is 0 Å². The molecule has 0 spiro atoms. The van der Waals surface area contributed by atoms with Crippen molar-refractivity contribution in [3.63, 3.8) is 0 Å². The number of thioether (sulfide) groups is 1. The van der Waals surface area contributed by atoms with E-state index in [0.29, 0.717) is 5.02 Å². The predicted octanol–water partition coefficient (Wildman–Crippen LogP) is 2.66. The quantitative estimate of drug-likeness (QED) is 0.870. The van der Waals surface area contributed by atoms with E-state index in [4.69, 9.17) is 17.3 Å². The van der Waals surface area contributed by atoms with Gasteiger partial charge in [-0.3, -0.25) is 4.98 Å². The Balaban J connectivity index is 2.57. The molecule has 6 heteroatoms. The molecule has 0 aromatic carbocycles. The lowest BCUT2D eigenvalue weighted by molar-refractivity contribution is 0.748. The minimum absolute atomic E-state index is 0.189. The molecule has 2 heterocycles. The first-order chi connectivity index (χ1) is 8.13. The average molecular weight is 269 g/mol. The highest BCUT2D eigenvalue weighted by molar-refractivity contribution is 7.98. The fourth-order valence-electron chi connectivity index (χ4n) is 1.54. The maximum absolute atomic E-state index is 6.20. The summed E-state index contributed by atoms with van der Waals surface area (Å²) >= 11 is 7.82. The van der Waals surface area contributed by atoms with Crippen LogP contribution in [0.2, 0.25) is 5.02 Å². The van der Waals surface area contributed by atoms with E-state index in [0.717, 1.165) is 16.3 Å². The molecule has 2 N–H and O–H groups in total. The average Bonchev–Trinajstić information content (AvgIpc) is 2.76. The maximum Gasteiger partial charge on any atom is 0.106 e. The molecule has 2 aromatic heterocycles. The van der Waals surface area contributed by atoms with Gasteiger partial charge in [-0.05, 0) is 19.2 Å². The molecule has 90 valence electrons. The number of halogens is 1. The zero-order valence-corrected chi connectivity index (χ0v) is 11.2. The van der Waals surface area contributed by atoms with Crippen LogP contribution in [0.1, 0.15) is 18.7 Å². The van der Waals surface area contributed by atoms with Crippen LogP contribution < -0.4 is 5.73 Å². The van der Waals surface area contributed by atoms with Gasteiger partial charge in [-0.1, -0.05) is 11.6 Å². The van der Waals surface area contributed by atoms with Gasteiger partial charge >= 0.3 is 0 Å². The number of rotatable bonds is 3. The zero-order chi connectivity index (χ0) is 12.4. The fourth-order valence-corrected chi connectivity index (χ4v) is 2.14. The highest BCUT2D eigenvalue weighted by Gasteiger charge is 2.14. The smallest absolute Gasteiger partial charge is 0.106 e. The maximum atomic E-state index is 6.20. The third kappa shape index (κ3) is 2.46. The largest absolute Gasteiger partial charge is 0.323 e. The minimum atomic E-state index is -0.189. The SMILES string of the molecule is CSc1cnn(-c2c(Cl)ccnc2C(C)N)c1. The molecule has 0 saturated heterocycles. The van der Waals surface area contributed by atoms with Crippen molar-refractivity contribution in [1.29, 1.82) is 0 Å². The fraction of sp³-hybridized carbons (Fsp3) is 0.273. The van der Waals surface area contributed by atoms with Gasteiger partial charge in [0, 0.05) is 23.3 Å². The van der Waals surface area contributed by atoms with E-state index in [1.807, 2.05) is 19.4 Å². The first-order valence-electron chi connectivity index (χ1n) is 5.12. The number of pyridine rings is 1. The summed E-state index contributed by atoms with van der Waals surface area (Å²) in [6.45, 7) is 1.88. The van der Waals surface area contributed by atoms with Crippen LogP contribution in [0.4, 0.5) is 0 Å². The van der Waals surface area contributed by atoms with Gasteiger partial charge < -0.3 is 5.73 Å².